The third-order valence-electron chi connectivity index (χ3n) is 6.18. The maximum Gasteiger partial charge on any atom is 0.323 e. The first-order valence-corrected chi connectivity index (χ1v) is 10.2. The monoisotopic (exact) mass is 423 g/mol. The summed E-state index contributed by atoms with van der Waals surface area (Å²) in [6.07, 6.45) is 5.35. The quantitative estimate of drug-likeness (QED) is 0.685. The van der Waals surface area contributed by atoms with Gasteiger partial charge in [-0.25, -0.2) is 14.2 Å². The number of aryl methyl sites for hydroxylation is 2. The molecule has 0 radical (unpaired) electrons. The normalized spacial score (nSPS) is 24.6. The lowest BCUT2D eigenvalue weighted by Crippen LogP contribution is -2.70. The van der Waals surface area contributed by atoms with Gasteiger partial charge in [-0.05, 0) is 50.3 Å². The highest BCUT2D eigenvalue weighted by molar-refractivity contribution is 5.92. The molecule has 5 rings (SSSR count). The molecule has 31 heavy (non-hydrogen) atoms. The van der Waals surface area contributed by atoms with Gasteiger partial charge in [0.2, 0.25) is 0 Å². The number of halogens is 1. The van der Waals surface area contributed by atoms with Crippen molar-refractivity contribution in [2.75, 3.05) is 5.32 Å². The Morgan fingerprint density at radius 2 is 2.13 bits per heavy atom. The van der Waals surface area contributed by atoms with Crippen LogP contribution in [0.4, 0.5) is 14.9 Å². The van der Waals surface area contributed by atoms with Gasteiger partial charge in [-0.3, -0.25) is 0 Å². The number of amides is 2. The lowest BCUT2D eigenvalue weighted by molar-refractivity contribution is -0.112. The van der Waals surface area contributed by atoms with Crippen LogP contribution in [0.3, 0.4) is 0 Å². The second-order valence-electron chi connectivity index (χ2n) is 8.49. The molecule has 2 aliphatic rings. The largest absolute Gasteiger partial charge is 0.337 e. The highest BCUT2D eigenvalue weighted by Crippen LogP contribution is 2.55. The lowest BCUT2D eigenvalue weighted by Gasteiger charge is -2.61. The van der Waals surface area contributed by atoms with Crippen molar-refractivity contribution >= 4 is 11.7 Å². The minimum absolute atomic E-state index is 0.0468. The van der Waals surface area contributed by atoms with E-state index in [1.54, 1.807) is 24.8 Å². The topological polar surface area (TPSA) is 110 Å². The number of fused-ring (bicyclic) bond motifs is 2. The summed E-state index contributed by atoms with van der Waals surface area (Å²) in [5, 5.41) is 14.5. The maximum atomic E-state index is 14.7. The standard InChI is InChI=1S/C21H22FN7O2/c1-11-6-14-10-21(9-11,19-25-13(3)28-31-19)29(14)20(30)26-17-8-15(12(2)7-16(17)22)18-23-4-5-24-27-18/h4-5,7-8,11,14H,6,9-10H2,1-3H3,(H,26,30). The summed E-state index contributed by atoms with van der Waals surface area (Å²) in [5.74, 6) is 1.22. The number of rotatable bonds is 3. The minimum atomic E-state index is -0.649. The zero-order valence-electron chi connectivity index (χ0n) is 17.5. The molecule has 9 nitrogen and oxygen atoms in total. The van der Waals surface area contributed by atoms with E-state index >= 15 is 0 Å². The molecule has 3 aromatic rings. The minimum Gasteiger partial charge on any atom is -0.337 e. The summed E-state index contributed by atoms with van der Waals surface area (Å²) in [4.78, 5) is 23.6. The number of hydrogen-bond donors (Lipinski definition) is 1. The van der Waals surface area contributed by atoms with Crippen molar-refractivity contribution in [2.24, 2.45) is 5.92 Å². The average Bonchev–Trinajstić information content (AvgIpc) is 3.17. The molecule has 1 aromatic carbocycles. The molecule has 3 atom stereocenters. The fourth-order valence-electron chi connectivity index (χ4n) is 4.99. The summed E-state index contributed by atoms with van der Waals surface area (Å²) in [6, 6.07) is 2.56. The van der Waals surface area contributed by atoms with E-state index in [1.165, 1.54) is 18.5 Å². The highest BCUT2D eigenvalue weighted by Gasteiger charge is 2.62. The van der Waals surface area contributed by atoms with Gasteiger partial charge in [0.1, 0.15) is 11.4 Å². The first kappa shape index (κ1) is 19.5. The Kier molecular flexibility index (Phi) is 4.45. The van der Waals surface area contributed by atoms with Crippen molar-refractivity contribution in [3.05, 3.63) is 47.6 Å². The first-order chi connectivity index (χ1) is 14.9. The van der Waals surface area contributed by atoms with Crippen LogP contribution in [-0.4, -0.2) is 42.3 Å². The molecule has 3 heterocycles. The molecular weight excluding hydrogens is 401 g/mol. The van der Waals surface area contributed by atoms with E-state index in [-0.39, 0.29) is 17.8 Å². The molecule has 1 aliphatic carbocycles. The van der Waals surface area contributed by atoms with Gasteiger partial charge in [0.25, 0.3) is 5.89 Å². The average molecular weight is 423 g/mol. The smallest absolute Gasteiger partial charge is 0.323 e. The summed E-state index contributed by atoms with van der Waals surface area (Å²) in [6.45, 7) is 5.66. The van der Waals surface area contributed by atoms with Gasteiger partial charge in [-0.15, -0.1) is 5.10 Å². The Hall–Kier alpha value is -3.43. The third-order valence-corrected chi connectivity index (χ3v) is 6.18. The van der Waals surface area contributed by atoms with Gasteiger partial charge < -0.3 is 14.7 Å². The molecule has 3 unspecified atom stereocenters. The van der Waals surface area contributed by atoms with E-state index in [2.05, 4.69) is 37.6 Å². The summed E-state index contributed by atoms with van der Waals surface area (Å²) >= 11 is 0. The molecule has 1 aliphatic heterocycles. The predicted octanol–water partition coefficient (Wildman–Crippen LogP) is 3.61. The fraction of sp³-hybridized carbons (Fsp3) is 0.429. The van der Waals surface area contributed by atoms with Crippen LogP contribution in [0.15, 0.2) is 29.0 Å². The Morgan fingerprint density at radius 1 is 1.29 bits per heavy atom. The SMILES string of the molecule is Cc1noc(C23CC(C)CC(C2)N3C(=O)Nc2cc(-c3nccnn3)c(C)cc2F)n1. The van der Waals surface area contributed by atoms with Crippen LogP contribution in [0.2, 0.25) is 0 Å². The summed E-state index contributed by atoms with van der Waals surface area (Å²) < 4.78 is 20.2. The summed E-state index contributed by atoms with van der Waals surface area (Å²) in [5.41, 5.74) is 0.665. The Labute approximate surface area is 178 Å². The van der Waals surface area contributed by atoms with Crippen molar-refractivity contribution in [3.8, 4) is 11.4 Å². The second kappa shape index (κ2) is 7.07. The Bertz CT molecular complexity index is 1150. The molecule has 2 bridgehead atoms. The number of piperidine rings is 1. The van der Waals surface area contributed by atoms with Gasteiger partial charge in [-0.1, -0.05) is 12.1 Å². The number of nitrogens with one attached hydrogen (secondary N) is 1. The van der Waals surface area contributed by atoms with Crippen molar-refractivity contribution < 1.29 is 13.7 Å². The zero-order chi connectivity index (χ0) is 21.8. The molecule has 0 spiro atoms. The van der Waals surface area contributed by atoms with Crippen LogP contribution in [0.5, 0.6) is 0 Å². The van der Waals surface area contributed by atoms with E-state index in [0.717, 1.165) is 19.3 Å². The number of carbonyl (C=O) groups is 1. The molecule has 10 heteroatoms. The number of benzene rings is 1. The van der Waals surface area contributed by atoms with Crippen molar-refractivity contribution in [2.45, 2.75) is 51.6 Å². The molecule has 1 saturated carbocycles. The number of anilines is 1. The highest BCUT2D eigenvalue weighted by atomic mass is 19.1. The van der Waals surface area contributed by atoms with Gasteiger partial charge in [0.05, 0.1) is 11.9 Å². The van der Waals surface area contributed by atoms with E-state index in [4.69, 9.17) is 4.52 Å². The van der Waals surface area contributed by atoms with Gasteiger partial charge in [-0.2, -0.15) is 10.1 Å². The van der Waals surface area contributed by atoms with Crippen LogP contribution in [0.25, 0.3) is 11.4 Å². The predicted molar refractivity (Wildman–Crippen MR) is 108 cm³/mol. The zero-order valence-corrected chi connectivity index (χ0v) is 17.5. The maximum absolute atomic E-state index is 14.7. The fourth-order valence-corrected chi connectivity index (χ4v) is 4.99. The molecule has 160 valence electrons. The van der Waals surface area contributed by atoms with Gasteiger partial charge in [0.15, 0.2) is 11.6 Å². The number of hydrogen-bond acceptors (Lipinski definition) is 7. The van der Waals surface area contributed by atoms with Gasteiger partial charge >= 0.3 is 6.03 Å². The van der Waals surface area contributed by atoms with Crippen LogP contribution < -0.4 is 5.32 Å². The van der Waals surface area contributed by atoms with Crippen LogP contribution in [-0.2, 0) is 5.54 Å². The van der Waals surface area contributed by atoms with E-state index < -0.39 is 11.4 Å². The first-order valence-electron chi connectivity index (χ1n) is 10.2. The number of carbonyl (C=O) groups excluding carboxylic acids is 1. The van der Waals surface area contributed by atoms with Crippen molar-refractivity contribution in [1.29, 1.82) is 0 Å². The van der Waals surface area contributed by atoms with Crippen molar-refractivity contribution in [1.82, 2.24) is 30.2 Å². The second-order valence-corrected chi connectivity index (χ2v) is 8.49. The third kappa shape index (κ3) is 3.13. The van der Waals surface area contributed by atoms with Crippen LogP contribution in [0.1, 0.15) is 43.5 Å². The molecule has 2 amide bonds. The summed E-state index contributed by atoms with van der Waals surface area (Å²) in [7, 11) is 0. The van der Waals surface area contributed by atoms with Crippen molar-refractivity contribution in [3.63, 3.8) is 0 Å². The molecule has 2 aromatic heterocycles. The van der Waals surface area contributed by atoms with E-state index in [0.29, 0.717) is 34.6 Å². The Morgan fingerprint density at radius 3 is 2.84 bits per heavy atom. The Balaban J connectivity index is 1.46. The van der Waals surface area contributed by atoms with Crippen LogP contribution in [0, 0.1) is 25.6 Å². The van der Waals surface area contributed by atoms with E-state index in [1.807, 2.05) is 0 Å². The van der Waals surface area contributed by atoms with Crippen LogP contribution >= 0.6 is 0 Å². The number of likely N-dealkylation sites (tertiary alicyclic amines) is 1. The lowest BCUT2D eigenvalue weighted by atomic mass is 9.64. The molecule has 1 saturated heterocycles. The molecular formula is C21H22FN7O2. The molecule has 2 fully saturated rings. The van der Waals surface area contributed by atoms with Gasteiger partial charge in [0, 0.05) is 24.2 Å². The number of nitrogens with zero attached hydrogens (tertiary/aromatic N) is 6. The number of urea groups is 1. The number of aromatic nitrogens is 5. The molecule has 1 N–H and O–H groups in total. The van der Waals surface area contributed by atoms with E-state index in [9.17, 15) is 9.18 Å².